The van der Waals surface area contributed by atoms with Gasteiger partial charge in [-0.05, 0) is 19.1 Å². The topological polar surface area (TPSA) is 55.8 Å². The summed E-state index contributed by atoms with van der Waals surface area (Å²) in [6.07, 6.45) is 5.03. The predicted molar refractivity (Wildman–Crippen MR) is 67.1 cm³/mol. The van der Waals surface area contributed by atoms with Crippen LogP contribution in [0.25, 0.3) is 0 Å². The average Bonchev–Trinajstić information content (AvgIpc) is 2.37. The summed E-state index contributed by atoms with van der Waals surface area (Å²) in [7, 11) is 2.66. The Morgan fingerprint density at radius 1 is 1.50 bits per heavy atom. The Labute approximate surface area is 107 Å². The molecule has 0 aliphatic carbocycles. The van der Waals surface area contributed by atoms with Gasteiger partial charge in [0.15, 0.2) is 0 Å². The number of rotatable bonds is 4. The van der Waals surface area contributed by atoms with Crippen LogP contribution in [-0.2, 0) is 15.1 Å². The molecule has 18 heavy (non-hydrogen) atoms. The Hall–Kier alpha value is -1.99. The number of hydrogen-bond donors (Lipinski definition) is 1. The van der Waals surface area contributed by atoms with Crippen molar-refractivity contribution >= 4 is 5.97 Å². The number of ether oxygens (including phenoxy) is 2. The van der Waals surface area contributed by atoms with E-state index in [1.54, 1.807) is 12.1 Å². The molecule has 0 amide bonds. The van der Waals surface area contributed by atoms with Gasteiger partial charge < -0.3 is 14.6 Å². The second-order valence-corrected chi connectivity index (χ2v) is 3.94. The van der Waals surface area contributed by atoms with Crippen LogP contribution in [0.3, 0.4) is 0 Å². The van der Waals surface area contributed by atoms with E-state index in [1.165, 1.54) is 14.2 Å². The molecule has 1 N–H and O–H groups in total. The molecule has 0 aliphatic rings. The zero-order chi connectivity index (χ0) is 13.8. The molecule has 0 aliphatic heterocycles. The van der Waals surface area contributed by atoms with Gasteiger partial charge >= 0.3 is 5.97 Å². The van der Waals surface area contributed by atoms with Gasteiger partial charge in [-0.3, -0.25) is 0 Å². The van der Waals surface area contributed by atoms with E-state index in [9.17, 15) is 9.90 Å². The van der Waals surface area contributed by atoms with Crippen molar-refractivity contribution in [2.24, 2.45) is 0 Å². The second kappa shape index (κ2) is 5.56. The molecule has 1 unspecified atom stereocenters. The van der Waals surface area contributed by atoms with Gasteiger partial charge in [0.1, 0.15) is 5.75 Å². The molecule has 1 atom stereocenters. The third-order valence-corrected chi connectivity index (χ3v) is 2.68. The molecule has 0 heterocycles. The number of aliphatic hydroxyl groups is 1. The summed E-state index contributed by atoms with van der Waals surface area (Å²) >= 11 is 0. The minimum atomic E-state index is -1.89. The molecule has 4 heteroatoms. The summed E-state index contributed by atoms with van der Waals surface area (Å²) in [5.41, 5.74) is -0.694. The lowest BCUT2D eigenvalue weighted by molar-refractivity contribution is -0.163. The van der Waals surface area contributed by atoms with Gasteiger partial charge in [0.2, 0.25) is 5.60 Å². The Balaban J connectivity index is 3.42. The Morgan fingerprint density at radius 3 is 2.67 bits per heavy atom. The molecule has 0 bridgehead atoms. The Morgan fingerprint density at radius 2 is 2.17 bits per heavy atom. The first-order valence-corrected chi connectivity index (χ1v) is 5.39. The Bertz CT molecular complexity index is 487. The van der Waals surface area contributed by atoms with Crippen molar-refractivity contribution in [2.45, 2.75) is 18.9 Å². The summed E-state index contributed by atoms with van der Waals surface area (Å²) in [4.78, 5) is 11.8. The van der Waals surface area contributed by atoms with Crippen molar-refractivity contribution in [1.29, 1.82) is 0 Å². The first-order chi connectivity index (χ1) is 8.49. The van der Waals surface area contributed by atoms with E-state index in [0.717, 1.165) is 5.56 Å². The zero-order valence-corrected chi connectivity index (χ0v) is 10.7. The summed E-state index contributed by atoms with van der Waals surface area (Å²) in [6, 6.07) is 5.15. The molecule has 0 aromatic heterocycles. The lowest BCUT2D eigenvalue weighted by Crippen LogP contribution is -2.37. The van der Waals surface area contributed by atoms with E-state index in [0.29, 0.717) is 11.3 Å². The molecule has 1 aromatic carbocycles. The van der Waals surface area contributed by atoms with Gasteiger partial charge in [-0.2, -0.15) is 0 Å². The van der Waals surface area contributed by atoms with Gasteiger partial charge in [-0.25, -0.2) is 4.79 Å². The average molecular weight is 248 g/mol. The Kier molecular flexibility index (Phi) is 4.35. The number of carbonyl (C=O) groups excluding carboxylic acids is 1. The minimum absolute atomic E-state index is 0.181. The van der Waals surface area contributed by atoms with Crippen LogP contribution in [0.5, 0.6) is 5.75 Å². The summed E-state index contributed by atoms with van der Waals surface area (Å²) < 4.78 is 9.77. The summed E-state index contributed by atoms with van der Waals surface area (Å²) in [6.45, 7) is 1.84. The SMILES string of the molecule is C#CCC(O)(C(=O)OC)c1cc(C)ccc1OC. The molecular formula is C14H16O4. The number of hydrogen-bond acceptors (Lipinski definition) is 4. The van der Waals surface area contributed by atoms with E-state index < -0.39 is 11.6 Å². The van der Waals surface area contributed by atoms with Gasteiger partial charge in [-0.1, -0.05) is 11.6 Å². The minimum Gasteiger partial charge on any atom is -0.496 e. The van der Waals surface area contributed by atoms with E-state index in [4.69, 9.17) is 11.2 Å². The molecule has 0 saturated heterocycles. The molecule has 0 spiro atoms. The molecular weight excluding hydrogens is 232 g/mol. The van der Waals surface area contributed by atoms with Crippen LogP contribution in [-0.4, -0.2) is 25.3 Å². The molecule has 1 rings (SSSR count). The van der Waals surface area contributed by atoms with Crippen LogP contribution in [0.2, 0.25) is 0 Å². The molecule has 0 saturated carbocycles. The van der Waals surface area contributed by atoms with Crippen LogP contribution in [0.1, 0.15) is 17.5 Å². The highest BCUT2D eigenvalue weighted by Crippen LogP contribution is 2.34. The standard InChI is InChI=1S/C14H16O4/c1-5-8-14(16,13(15)18-4)11-9-10(2)6-7-12(11)17-3/h1,6-7,9,16H,8H2,2-4H3. The van der Waals surface area contributed by atoms with Crippen LogP contribution in [0.4, 0.5) is 0 Å². The summed E-state index contributed by atoms with van der Waals surface area (Å²) in [5, 5.41) is 10.5. The van der Waals surface area contributed by atoms with E-state index in [2.05, 4.69) is 10.7 Å². The lowest BCUT2D eigenvalue weighted by Gasteiger charge is -2.25. The number of aryl methyl sites for hydroxylation is 1. The van der Waals surface area contributed by atoms with Crippen molar-refractivity contribution in [3.8, 4) is 18.1 Å². The highest BCUT2D eigenvalue weighted by Gasteiger charge is 2.41. The van der Waals surface area contributed by atoms with Crippen molar-refractivity contribution < 1.29 is 19.4 Å². The quantitative estimate of drug-likeness (QED) is 0.646. The maximum atomic E-state index is 11.8. The van der Waals surface area contributed by atoms with Gasteiger partial charge in [0, 0.05) is 5.56 Å². The van der Waals surface area contributed by atoms with Crippen LogP contribution < -0.4 is 4.74 Å². The van der Waals surface area contributed by atoms with Gasteiger partial charge in [0.05, 0.1) is 20.6 Å². The first kappa shape index (κ1) is 14.1. The normalized spacial score (nSPS) is 13.3. The molecule has 0 fully saturated rings. The highest BCUT2D eigenvalue weighted by molar-refractivity contribution is 5.82. The van der Waals surface area contributed by atoms with E-state index in [1.807, 2.05) is 13.0 Å². The highest BCUT2D eigenvalue weighted by atomic mass is 16.5. The fourth-order valence-corrected chi connectivity index (χ4v) is 1.74. The van der Waals surface area contributed by atoms with Gasteiger partial charge in [0.25, 0.3) is 0 Å². The molecule has 4 nitrogen and oxygen atoms in total. The van der Waals surface area contributed by atoms with Gasteiger partial charge in [-0.15, -0.1) is 12.3 Å². The molecule has 96 valence electrons. The molecule has 0 radical (unpaired) electrons. The third-order valence-electron chi connectivity index (χ3n) is 2.68. The number of terminal acetylenes is 1. The maximum Gasteiger partial charge on any atom is 0.343 e. The molecule has 1 aromatic rings. The maximum absolute atomic E-state index is 11.8. The number of methoxy groups -OCH3 is 2. The van der Waals surface area contributed by atoms with Crippen LogP contribution in [0, 0.1) is 19.3 Å². The van der Waals surface area contributed by atoms with Crippen molar-refractivity contribution in [1.82, 2.24) is 0 Å². The monoisotopic (exact) mass is 248 g/mol. The number of esters is 1. The van der Waals surface area contributed by atoms with Crippen molar-refractivity contribution in [3.63, 3.8) is 0 Å². The second-order valence-electron chi connectivity index (χ2n) is 3.94. The smallest absolute Gasteiger partial charge is 0.343 e. The first-order valence-electron chi connectivity index (χ1n) is 5.39. The third kappa shape index (κ3) is 2.47. The predicted octanol–water partition coefficient (Wildman–Crippen LogP) is 1.39. The van der Waals surface area contributed by atoms with E-state index in [-0.39, 0.29) is 6.42 Å². The van der Waals surface area contributed by atoms with E-state index >= 15 is 0 Å². The van der Waals surface area contributed by atoms with Crippen molar-refractivity contribution in [2.75, 3.05) is 14.2 Å². The summed E-state index contributed by atoms with van der Waals surface area (Å²) in [5.74, 6) is 1.88. The number of benzene rings is 1. The number of carbonyl (C=O) groups is 1. The largest absolute Gasteiger partial charge is 0.496 e. The van der Waals surface area contributed by atoms with Crippen molar-refractivity contribution in [3.05, 3.63) is 29.3 Å². The lowest BCUT2D eigenvalue weighted by atomic mass is 9.89. The zero-order valence-electron chi connectivity index (χ0n) is 10.7. The van der Waals surface area contributed by atoms with Crippen LogP contribution in [0.15, 0.2) is 18.2 Å². The fourth-order valence-electron chi connectivity index (χ4n) is 1.74. The van der Waals surface area contributed by atoms with Crippen LogP contribution >= 0.6 is 0 Å². The fraction of sp³-hybridized carbons (Fsp3) is 0.357.